The number of halogens is 1. The Morgan fingerprint density at radius 3 is 2.95 bits per heavy atom. The van der Waals surface area contributed by atoms with Gasteiger partial charge < -0.3 is 0 Å². The number of amides is 1. The van der Waals surface area contributed by atoms with Gasteiger partial charge in [-0.2, -0.15) is 15.8 Å². The summed E-state index contributed by atoms with van der Waals surface area (Å²) < 4.78 is 13.1. The molecule has 6 heteroatoms. The average molecular weight is 298 g/mol. The van der Waals surface area contributed by atoms with Gasteiger partial charge in [-0.05, 0) is 30.2 Å². The molecule has 22 heavy (non-hydrogen) atoms. The normalized spacial score (nSPS) is 12.5. The van der Waals surface area contributed by atoms with Crippen molar-refractivity contribution >= 4 is 12.1 Å². The SMILES string of the molecule is O=C(CCc1cccc(F)c1)NN1C=c2ccccc2=NN1. The topological polar surface area (TPSA) is 56.7 Å². The Labute approximate surface area is 126 Å². The summed E-state index contributed by atoms with van der Waals surface area (Å²) in [4.78, 5) is 11.9. The van der Waals surface area contributed by atoms with E-state index in [2.05, 4.69) is 16.1 Å². The third-order valence-corrected chi connectivity index (χ3v) is 3.26. The minimum atomic E-state index is -0.292. The van der Waals surface area contributed by atoms with Crippen LogP contribution in [0.1, 0.15) is 12.0 Å². The highest BCUT2D eigenvalue weighted by Crippen LogP contribution is 2.06. The number of benzene rings is 2. The Hall–Kier alpha value is -2.89. The van der Waals surface area contributed by atoms with E-state index < -0.39 is 0 Å². The van der Waals surface area contributed by atoms with Crippen LogP contribution < -0.4 is 21.5 Å². The number of hydrogen-bond donors (Lipinski definition) is 2. The summed E-state index contributed by atoms with van der Waals surface area (Å²) in [5.74, 6) is -0.470. The maximum Gasteiger partial charge on any atom is 0.240 e. The molecule has 0 atom stereocenters. The third-order valence-electron chi connectivity index (χ3n) is 3.26. The summed E-state index contributed by atoms with van der Waals surface area (Å²) in [6, 6.07) is 13.8. The zero-order valence-corrected chi connectivity index (χ0v) is 11.8. The van der Waals surface area contributed by atoms with Gasteiger partial charge in [0.25, 0.3) is 0 Å². The minimum absolute atomic E-state index is 0.178. The van der Waals surface area contributed by atoms with Crippen molar-refractivity contribution in [3.63, 3.8) is 0 Å². The van der Waals surface area contributed by atoms with Crippen molar-refractivity contribution in [2.75, 3.05) is 0 Å². The molecule has 1 amide bonds. The highest BCUT2D eigenvalue weighted by atomic mass is 19.1. The summed E-state index contributed by atoms with van der Waals surface area (Å²) in [6.07, 6.45) is 2.49. The highest BCUT2D eigenvalue weighted by molar-refractivity contribution is 5.76. The molecule has 0 aromatic heterocycles. The van der Waals surface area contributed by atoms with Gasteiger partial charge >= 0.3 is 0 Å². The molecule has 3 rings (SSSR count). The average Bonchev–Trinajstić information content (AvgIpc) is 2.53. The molecule has 5 nitrogen and oxygen atoms in total. The first kappa shape index (κ1) is 14.1. The van der Waals surface area contributed by atoms with E-state index in [0.717, 1.165) is 16.1 Å². The van der Waals surface area contributed by atoms with E-state index in [4.69, 9.17) is 0 Å². The van der Waals surface area contributed by atoms with Gasteiger partial charge in [-0.3, -0.25) is 4.79 Å². The van der Waals surface area contributed by atoms with E-state index in [1.807, 2.05) is 24.3 Å². The molecule has 0 spiro atoms. The van der Waals surface area contributed by atoms with Crippen LogP contribution in [-0.4, -0.2) is 11.0 Å². The number of nitrogens with zero attached hydrogens (tertiary/aromatic N) is 2. The predicted molar refractivity (Wildman–Crippen MR) is 79.5 cm³/mol. The molecule has 112 valence electrons. The second-order valence-corrected chi connectivity index (χ2v) is 4.93. The molecule has 2 N–H and O–H groups in total. The van der Waals surface area contributed by atoms with E-state index in [0.29, 0.717) is 6.42 Å². The Morgan fingerprint density at radius 2 is 2.09 bits per heavy atom. The number of hydrazine groups is 2. The number of carbonyl (C=O) groups excluding carboxylic acids is 1. The number of hydrogen-bond acceptors (Lipinski definition) is 4. The third kappa shape index (κ3) is 3.41. The van der Waals surface area contributed by atoms with Crippen LogP contribution in [0.4, 0.5) is 4.39 Å². The van der Waals surface area contributed by atoms with Gasteiger partial charge in [0.2, 0.25) is 5.91 Å². The number of fused-ring (bicyclic) bond motifs is 1. The number of rotatable bonds is 4. The van der Waals surface area contributed by atoms with Crippen LogP contribution >= 0.6 is 0 Å². The fourth-order valence-electron chi connectivity index (χ4n) is 2.17. The fraction of sp³-hybridized carbons (Fsp3) is 0.125. The summed E-state index contributed by atoms with van der Waals surface area (Å²) in [5.41, 5.74) is 6.20. The first-order valence-electron chi connectivity index (χ1n) is 6.94. The lowest BCUT2D eigenvalue weighted by Gasteiger charge is -2.21. The van der Waals surface area contributed by atoms with Crippen LogP contribution in [0.5, 0.6) is 0 Å². The van der Waals surface area contributed by atoms with Crippen molar-refractivity contribution < 1.29 is 9.18 Å². The van der Waals surface area contributed by atoms with Gasteiger partial charge in [-0.15, -0.1) is 0 Å². The molecule has 1 aliphatic heterocycles. The van der Waals surface area contributed by atoms with E-state index in [1.165, 1.54) is 17.3 Å². The van der Waals surface area contributed by atoms with Crippen LogP contribution in [0, 0.1) is 5.82 Å². The van der Waals surface area contributed by atoms with Gasteiger partial charge in [0, 0.05) is 11.6 Å². The van der Waals surface area contributed by atoms with Crippen molar-refractivity contribution in [3.8, 4) is 0 Å². The highest BCUT2D eigenvalue weighted by Gasteiger charge is 2.08. The molecule has 0 radical (unpaired) electrons. The lowest BCUT2D eigenvalue weighted by Crippen LogP contribution is -2.51. The van der Waals surface area contributed by atoms with Crippen molar-refractivity contribution in [2.24, 2.45) is 5.10 Å². The number of aryl methyl sites for hydroxylation is 1. The monoisotopic (exact) mass is 298 g/mol. The summed E-state index contributed by atoms with van der Waals surface area (Å²) >= 11 is 0. The Kier molecular flexibility index (Phi) is 4.00. The van der Waals surface area contributed by atoms with Crippen molar-refractivity contribution in [3.05, 3.63) is 70.5 Å². The molecule has 0 saturated carbocycles. The first-order chi connectivity index (χ1) is 10.7. The first-order valence-corrected chi connectivity index (χ1v) is 6.94. The molecule has 1 heterocycles. The number of carbonyl (C=O) groups is 1. The van der Waals surface area contributed by atoms with Gasteiger partial charge in [-0.25, -0.2) is 9.82 Å². The maximum absolute atomic E-state index is 13.1. The molecule has 0 bridgehead atoms. The van der Waals surface area contributed by atoms with E-state index >= 15 is 0 Å². The molecule has 0 unspecified atom stereocenters. The van der Waals surface area contributed by atoms with Gasteiger partial charge in [0.05, 0.1) is 11.6 Å². The van der Waals surface area contributed by atoms with Gasteiger partial charge in [0.15, 0.2) is 0 Å². The van der Waals surface area contributed by atoms with Crippen LogP contribution in [0.2, 0.25) is 0 Å². The van der Waals surface area contributed by atoms with Gasteiger partial charge in [-0.1, -0.05) is 30.3 Å². The smallest absolute Gasteiger partial charge is 0.240 e. The maximum atomic E-state index is 13.1. The van der Waals surface area contributed by atoms with E-state index in [-0.39, 0.29) is 18.1 Å². The fourth-order valence-corrected chi connectivity index (χ4v) is 2.17. The second kappa shape index (κ2) is 6.26. The Bertz CT molecular complexity index is 806. The van der Waals surface area contributed by atoms with Crippen LogP contribution in [0.15, 0.2) is 53.6 Å². The standard InChI is InChI=1S/C16H15FN4O/c17-14-6-3-4-12(10-14)8-9-16(22)19-21-11-13-5-1-2-7-15(13)18-20-21/h1-7,10-11,20H,8-9H2,(H,19,22). The molecular weight excluding hydrogens is 283 g/mol. The van der Waals surface area contributed by atoms with E-state index in [9.17, 15) is 9.18 Å². The number of nitrogens with one attached hydrogen (secondary N) is 2. The summed E-state index contributed by atoms with van der Waals surface area (Å²) in [6.45, 7) is 0. The molecule has 0 saturated heterocycles. The zero-order valence-electron chi connectivity index (χ0n) is 11.8. The Balaban J connectivity index is 1.58. The van der Waals surface area contributed by atoms with Crippen LogP contribution in [-0.2, 0) is 11.2 Å². The minimum Gasteiger partial charge on any atom is -0.273 e. The van der Waals surface area contributed by atoms with E-state index in [1.54, 1.807) is 18.3 Å². The van der Waals surface area contributed by atoms with Crippen molar-refractivity contribution in [1.29, 1.82) is 0 Å². The molecule has 2 aromatic carbocycles. The summed E-state index contributed by atoms with van der Waals surface area (Å²) in [7, 11) is 0. The lowest BCUT2D eigenvalue weighted by molar-refractivity contribution is -0.125. The molecule has 0 aliphatic carbocycles. The van der Waals surface area contributed by atoms with Crippen LogP contribution in [0.25, 0.3) is 6.20 Å². The molecule has 0 fully saturated rings. The largest absolute Gasteiger partial charge is 0.273 e. The number of para-hydroxylation sites is 1. The second-order valence-electron chi connectivity index (χ2n) is 4.93. The van der Waals surface area contributed by atoms with Crippen molar-refractivity contribution in [1.82, 2.24) is 16.1 Å². The van der Waals surface area contributed by atoms with Crippen LogP contribution in [0.3, 0.4) is 0 Å². The molecule has 1 aliphatic rings. The lowest BCUT2D eigenvalue weighted by atomic mass is 10.1. The summed E-state index contributed by atoms with van der Waals surface area (Å²) in [5, 5.41) is 7.27. The van der Waals surface area contributed by atoms with Crippen molar-refractivity contribution in [2.45, 2.75) is 12.8 Å². The molecular formula is C16H15FN4O. The molecule has 2 aromatic rings. The zero-order chi connectivity index (χ0) is 15.4. The quantitative estimate of drug-likeness (QED) is 0.868. The Morgan fingerprint density at radius 1 is 1.23 bits per heavy atom. The predicted octanol–water partition coefficient (Wildman–Crippen LogP) is 0.583. The van der Waals surface area contributed by atoms with Gasteiger partial charge in [0.1, 0.15) is 5.82 Å².